The molecular weight excluding hydrogens is 292 g/mol. The lowest BCUT2D eigenvalue weighted by Crippen LogP contribution is -2.09. The zero-order chi connectivity index (χ0) is 13.2. The molecule has 0 radical (unpaired) electrons. The largest absolute Gasteiger partial charge is 0.477 e. The minimum Gasteiger partial charge on any atom is -0.477 e. The van der Waals surface area contributed by atoms with E-state index >= 15 is 0 Å². The van der Waals surface area contributed by atoms with Gasteiger partial charge >= 0.3 is 0 Å². The van der Waals surface area contributed by atoms with E-state index < -0.39 is 0 Å². The quantitative estimate of drug-likeness (QED) is 0.702. The van der Waals surface area contributed by atoms with Crippen molar-refractivity contribution in [3.8, 4) is 5.88 Å². The summed E-state index contributed by atoms with van der Waals surface area (Å²) in [6, 6.07) is 2.05. The van der Waals surface area contributed by atoms with Crippen LogP contribution in [-0.4, -0.2) is 18.6 Å². The van der Waals surface area contributed by atoms with E-state index in [1.165, 1.54) is 25.7 Å². The van der Waals surface area contributed by atoms with Crippen molar-refractivity contribution in [2.45, 2.75) is 45.6 Å². The second-order valence-electron chi connectivity index (χ2n) is 4.41. The molecule has 0 spiro atoms. The summed E-state index contributed by atoms with van der Waals surface area (Å²) in [7, 11) is 1.93. The van der Waals surface area contributed by atoms with Crippen LogP contribution in [0.4, 0.5) is 0 Å². The molecule has 3 nitrogen and oxygen atoms in total. The van der Waals surface area contributed by atoms with Gasteiger partial charge in [0, 0.05) is 22.8 Å². The molecule has 0 unspecified atom stereocenters. The summed E-state index contributed by atoms with van der Waals surface area (Å²) < 4.78 is 6.74. The van der Waals surface area contributed by atoms with Gasteiger partial charge in [-0.3, -0.25) is 0 Å². The summed E-state index contributed by atoms with van der Waals surface area (Å²) in [5.41, 5.74) is 1.10. The van der Waals surface area contributed by atoms with Gasteiger partial charge in [0.15, 0.2) is 0 Å². The van der Waals surface area contributed by atoms with Gasteiger partial charge in [-0.05, 0) is 35.5 Å². The molecule has 0 saturated carbocycles. The lowest BCUT2D eigenvalue weighted by atomic mass is 10.2. The molecule has 18 heavy (non-hydrogen) atoms. The second-order valence-corrected chi connectivity index (χ2v) is 5.33. The van der Waals surface area contributed by atoms with Crippen molar-refractivity contribution in [3.05, 3.63) is 22.3 Å². The Morgan fingerprint density at radius 3 is 2.78 bits per heavy atom. The van der Waals surface area contributed by atoms with Crippen molar-refractivity contribution < 1.29 is 4.74 Å². The molecule has 1 aromatic heterocycles. The first-order valence-corrected chi connectivity index (χ1v) is 7.49. The molecule has 0 aromatic carbocycles. The maximum atomic E-state index is 5.75. The van der Waals surface area contributed by atoms with Gasteiger partial charge < -0.3 is 10.1 Å². The summed E-state index contributed by atoms with van der Waals surface area (Å²) in [4.78, 5) is 4.32. The monoisotopic (exact) mass is 314 g/mol. The number of ether oxygens (including phenoxy) is 1. The number of hydrogen-bond acceptors (Lipinski definition) is 3. The fourth-order valence-electron chi connectivity index (χ4n) is 1.79. The third-order valence-electron chi connectivity index (χ3n) is 2.75. The van der Waals surface area contributed by atoms with Crippen molar-refractivity contribution in [3.63, 3.8) is 0 Å². The highest BCUT2D eigenvalue weighted by Gasteiger charge is 2.05. The Bertz CT molecular complexity index is 345. The molecule has 4 heteroatoms. The van der Waals surface area contributed by atoms with Crippen molar-refractivity contribution in [2.75, 3.05) is 13.7 Å². The van der Waals surface area contributed by atoms with E-state index in [9.17, 15) is 0 Å². The highest BCUT2D eigenvalue weighted by molar-refractivity contribution is 9.10. The number of nitrogens with zero attached hydrogens (tertiary/aromatic N) is 1. The molecule has 1 rings (SSSR count). The molecule has 102 valence electrons. The van der Waals surface area contributed by atoms with Crippen molar-refractivity contribution >= 4 is 15.9 Å². The third kappa shape index (κ3) is 5.83. The SMILES string of the molecule is CCCCCCCOc1ncc(Br)cc1CNC. The smallest absolute Gasteiger partial charge is 0.217 e. The summed E-state index contributed by atoms with van der Waals surface area (Å²) in [5, 5.41) is 3.13. The molecule has 0 amide bonds. The average Bonchev–Trinajstić information content (AvgIpc) is 2.36. The van der Waals surface area contributed by atoms with Gasteiger partial charge in [0.25, 0.3) is 0 Å². The Hall–Kier alpha value is -0.610. The predicted octanol–water partition coefficient (Wildman–Crippen LogP) is 3.91. The number of aromatic nitrogens is 1. The molecule has 0 aliphatic rings. The molecule has 1 heterocycles. The van der Waals surface area contributed by atoms with Crippen LogP contribution in [0.1, 0.15) is 44.6 Å². The van der Waals surface area contributed by atoms with E-state index in [1.807, 2.05) is 7.05 Å². The van der Waals surface area contributed by atoms with Gasteiger partial charge in [-0.2, -0.15) is 0 Å². The van der Waals surface area contributed by atoms with Gasteiger partial charge in [0.05, 0.1) is 6.61 Å². The average molecular weight is 315 g/mol. The fourth-order valence-corrected chi connectivity index (χ4v) is 2.17. The highest BCUT2D eigenvalue weighted by Crippen LogP contribution is 2.20. The van der Waals surface area contributed by atoms with Crippen LogP contribution in [0.2, 0.25) is 0 Å². The van der Waals surface area contributed by atoms with Gasteiger partial charge in [-0.25, -0.2) is 4.98 Å². The molecule has 0 bridgehead atoms. The molecule has 0 atom stereocenters. The molecule has 1 aromatic rings. The first-order valence-electron chi connectivity index (χ1n) is 6.69. The predicted molar refractivity (Wildman–Crippen MR) is 79.0 cm³/mol. The van der Waals surface area contributed by atoms with Crippen molar-refractivity contribution in [1.82, 2.24) is 10.3 Å². The second kappa shape index (κ2) is 9.34. The Kier molecular flexibility index (Phi) is 8.01. The molecule has 0 aliphatic heterocycles. The van der Waals surface area contributed by atoms with Crippen molar-refractivity contribution in [2.24, 2.45) is 0 Å². The Balaban J connectivity index is 2.36. The minimum absolute atomic E-state index is 0.753. The first-order chi connectivity index (χ1) is 8.77. The van der Waals surface area contributed by atoms with E-state index in [0.717, 1.165) is 35.5 Å². The normalized spacial score (nSPS) is 10.6. The lowest BCUT2D eigenvalue weighted by Gasteiger charge is -2.10. The summed E-state index contributed by atoms with van der Waals surface area (Å²) in [5.74, 6) is 0.753. The molecule has 0 fully saturated rings. The van der Waals surface area contributed by atoms with Gasteiger partial charge in [0.2, 0.25) is 5.88 Å². The van der Waals surface area contributed by atoms with Crippen LogP contribution in [0.3, 0.4) is 0 Å². The van der Waals surface area contributed by atoms with E-state index in [1.54, 1.807) is 6.20 Å². The Morgan fingerprint density at radius 1 is 1.28 bits per heavy atom. The van der Waals surface area contributed by atoms with E-state index in [0.29, 0.717) is 0 Å². The molecule has 0 aliphatic carbocycles. The molecule has 0 saturated heterocycles. The number of rotatable bonds is 9. The van der Waals surface area contributed by atoms with E-state index in [2.05, 4.69) is 39.2 Å². The maximum absolute atomic E-state index is 5.75. The zero-order valence-corrected chi connectivity index (χ0v) is 12.9. The Labute approximate surface area is 118 Å². The van der Waals surface area contributed by atoms with Crippen LogP contribution in [0, 0.1) is 0 Å². The number of halogens is 1. The number of unbranched alkanes of at least 4 members (excludes halogenated alkanes) is 4. The minimum atomic E-state index is 0.753. The van der Waals surface area contributed by atoms with Crippen molar-refractivity contribution in [1.29, 1.82) is 0 Å². The van der Waals surface area contributed by atoms with Gasteiger partial charge in [0.1, 0.15) is 0 Å². The van der Waals surface area contributed by atoms with Crippen LogP contribution in [0.25, 0.3) is 0 Å². The number of pyridine rings is 1. The van der Waals surface area contributed by atoms with E-state index in [4.69, 9.17) is 4.74 Å². The van der Waals surface area contributed by atoms with Crippen LogP contribution < -0.4 is 10.1 Å². The summed E-state index contributed by atoms with van der Waals surface area (Å²) in [6.45, 7) is 3.76. The molecule has 1 N–H and O–H groups in total. The van der Waals surface area contributed by atoms with Crippen LogP contribution >= 0.6 is 15.9 Å². The van der Waals surface area contributed by atoms with Crippen LogP contribution in [0.15, 0.2) is 16.7 Å². The summed E-state index contributed by atoms with van der Waals surface area (Å²) in [6.07, 6.45) is 8.04. The first kappa shape index (κ1) is 15.4. The van der Waals surface area contributed by atoms with Gasteiger partial charge in [-0.1, -0.05) is 32.6 Å². The van der Waals surface area contributed by atoms with Crippen LogP contribution in [-0.2, 0) is 6.54 Å². The van der Waals surface area contributed by atoms with Gasteiger partial charge in [-0.15, -0.1) is 0 Å². The van der Waals surface area contributed by atoms with E-state index in [-0.39, 0.29) is 0 Å². The third-order valence-corrected chi connectivity index (χ3v) is 3.18. The topological polar surface area (TPSA) is 34.1 Å². The number of hydrogen-bond donors (Lipinski definition) is 1. The van der Waals surface area contributed by atoms with Crippen LogP contribution in [0.5, 0.6) is 5.88 Å². The fraction of sp³-hybridized carbons (Fsp3) is 0.643. The number of nitrogens with one attached hydrogen (secondary N) is 1. The zero-order valence-electron chi connectivity index (χ0n) is 11.3. The molecular formula is C14H23BrN2O. The standard InChI is InChI=1S/C14H23BrN2O/c1-3-4-5-6-7-8-18-14-12(10-16-2)9-13(15)11-17-14/h9,11,16H,3-8,10H2,1-2H3. The lowest BCUT2D eigenvalue weighted by molar-refractivity contribution is 0.289. The summed E-state index contributed by atoms with van der Waals surface area (Å²) >= 11 is 3.43. The maximum Gasteiger partial charge on any atom is 0.217 e. The Morgan fingerprint density at radius 2 is 2.06 bits per heavy atom. The highest BCUT2D eigenvalue weighted by atomic mass is 79.9.